The minimum absolute atomic E-state index is 0.341. The van der Waals surface area contributed by atoms with Crippen LogP contribution in [0.15, 0.2) is 36.5 Å². The van der Waals surface area contributed by atoms with Gasteiger partial charge in [-0.15, -0.1) is 0 Å². The lowest BCUT2D eigenvalue weighted by molar-refractivity contribution is -0.139. The minimum Gasteiger partial charge on any atom is -0.482 e. The molecule has 0 bridgehead atoms. The normalized spacial score (nSPS) is 10.6. The predicted octanol–water partition coefficient (Wildman–Crippen LogP) is 1.15. The molecular weight excluding hydrogens is 284 g/mol. The molecule has 0 aliphatic carbocycles. The maximum atomic E-state index is 10.4. The first-order chi connectivity index (χ1) is 10.5. The molecule has 7 heteroatoms. The Labute approximate surface area is 128 Å². The Bertz CT molecular complexity index is 631. The Morgan fingerprint density at radius 3 is 2.64 bits per heavy atom. The second-order valence-corrected chi connectivity index (χ2v) is 4.90. The SMILES string of the molecule is CN(Cc1ccc(OCC(=O)O)cc1)Cc1nccc(N)n1. The highest BCUT2D eigenvalue weighted by molar-refractivity contribution is 5.68. The molecule has 0 saturated carbocycles. The summed E-state index contributed by atoms with van der Waals surface area (Å²) in [6.45, 7) is 0.950. The van der Waals surface area contributed by atoms with Gasteiger partial charge < -0.3 is 15.6 Å². The van der Waals surface area contributed by atoms with Gasteiger partial charge in [0.05, 0.1) is 6.54 Å². The summed E-state index contributed by atoms with van der Waals surface area (Å²) in [6.07, 6.45) is 1.64. The van der Waals surface area contributed by atoms with E-state index in [1.54, 1.807) is 24.4 Å². The van der Waals surface area contributed by atoms with Gasteiger partial charge in [0.15, 0.2) is 6.61 Å². The van der Waals surface area contributed by atoms with Gasteiger partial charge in [-0.2, -0.15) is 0 Å². The van der Waals surface area contributed by atoms with E-state index < -0.39 is 5.97 Å². The van der Waals surface area contributed by atoms with Crippen LogP contribution in [0.5, 0.6) is 5.75 Å². The maximum Gasteiger partial charge on any atom is 0.341 e. The number of hydrogen-bond acceptors (Lipinski definition) is 6. The van der Waals surface area contributed by atoms with E-state index in [0.717, 1.165) is 5.56 Å². The lowest BCUT2D eigenvalue weighted by Crippen LogP contribution is -2.19. The smallest absolute Gasteiger partial charge is 0.341 e. The summed E-state index contributed by atoms with van der Waals surface area (Å²) in [5.74, 6) is 0.668. The van der Waals surface area contributed by atoms with Gasteiger partial charge in [0.1, 0.15) is 17.4 Å². The molecule has 0 aliphatic rings. The van der Waals surface area contributed by atoms with Gasteiger partial charge in [-0.3, -0.25) is 4.90 Å². The quantitative estimate of drug-likeness (QED) is 0.791. The van der Waals surface area contributed by atoms with E-state index in [1.165, 1.54) is 0 Å². The number of hydrogen-bond donors (Lipinski definition) is 2. The van der Waals surface area contributed by atoms with Crippen LogP contribution in [0.25, 0.3) is 0 Å². The van der Waals surface area contributed by atoms with Crippen LogP contribution < -0.4 is 10.5 Å². The van der Waals surface area contributed by atoms with Gasteiger partial charge in [0, 0.05) is 12.7 Å². The molecule has 0 aliphatic heterocycles. The first kappa shape index (κ1) is 15.7. The molecule has 22 heavy (non-hydrogen) atoms. The Morgan fingerprint density at radius 2 is 2.00 bits per heavy atom. The molecule has 7 nitrogen and oxygen atoms in total. The Kier molecular flexibility index (Phi) is 5.26. The topological polar surface area (TPSA) is 102 Å². The number of nitrogens with zero attached hydrogens (tertiary/aromatic N) is 3. The molecule has 0 atom stereocenters. The Balaban J connectivity index is 1.88. The van der Waals surface area contributed by atoms with E-state index in [2.05, 4.69) is 14.9 Å². The van der Waals surface area contributed by atoms with Crippen molar-refractivity contribution in [2.24, 2.45) is 0 Å². The van der Waals surface area contributed by atoms with Crippen molar-refractivity contribution >= 4 is 11.8 Å². The third kappa shape index (κ3) is 5.02. The molecule has 0 radical (unpaired) electrons. The highest BCUT2D eigenvalue weighted by Crippen LogP contribution is 2.14. The number of nitrogens with two attached hydrogens (primary N) is 1. The number of carboxylic acids is 1. The number of benzene rings is 1. The van der Waals surface area contributed by atoms with Crippen LogP contribution in [0, 0.1) is 0 Å². The fourth-order valence-electron chi connectivity index (χ4n) is 1.94. The van der Waals surface area contributed by atoms with Crippen molar-refractivity contribution in [1.29, 1.82) is 0 Å². The molecule has 1 aromatic carbocycles. The molecule has 0 unspecified atom stereocenters. The van der Waals surface area contributed by atoms with Crippen molar-refractivity contribution in [2.75, 3.05) is 19.4 Å². The molecule has 1 aromatic heterocycles. The van der Waals surface area contributed by atoms with E-state index in [-0.39, 0.29) is 6.61 Å². The highest BCUT2D eigenvalue weighted by atomic mass is 16.5. The van der Waals surface area contributed by atoms with Crippen molar-refractivity contribution in [3.05, 3.63) is 47.9 Å². The zero-order chi connectivity index (χ0) is 15.9. The van der Waals surface area contributed by atoms with Crippen molar-refractivity contribution in [3.8, 4) is 5.75 Å². The summed E-state index contributed by atoms with van der Waals surface area (Å²) in [6, 6.07) is 8.95. The second-order valence-electron chi connectivity index (χ2n) is 4.90. The first-order valence-corrected chi connectivity index (χ1v) is 6.72. The van der Waals surface area contributed by atoms with E-state index in [9.17, 15) is 4.79 Å². The molecular formula is C15H18N4O3. The lowest BCUT2D eigenvalue weighted by Gasteiger charge is -2.16. The van der Waals surface area contributed by atoms with Crippen molar-refractivity contribution < 1.29 is 14.6 Å². The molecule has 116 valence electrons. The van der Waals surface area contributed by atoms with Gasteiger partial charge in [0.25, 0.3) is 0 Å². The highest BCUT2D eigenvalue weighted by Gasteiger charge is 2.05. The average Bonchev–Trinajstić information content (AvgIpc) is 2.46. The summed E-state index contributed by atoms with van der Waals surface area (Å²) in [5, 5.41) is 8.56. The Hall–Kier alpha value is -2.67. The summed E-state index contributed by atoms with van der Waals surface area (Å²) in [5.41, 5.74) is 6.71. The molecule has 2 rings (SSSR count). The van der Waals surface area contributed by atoms with Gasteiger partial charge in [-0.05, 0) is 30.8 Å². The van der Waals surface area contributed by atoms with Crippen LogP contribution >= 0.6 is 0 Å². The van der Waals surface area contributed by atoms with E-state index in [0.29, 0.717) is 30.5 Å². The summed E-state index contributed by atoms with van der Waals surface area (Å²) in [7, 11) is 1.96. The van der Waals surface area contributed by atoms with E-state index in [4.69, 9.17) is 15.6 Å². The third-order valence-electron chi connectivity index (χ3n) is 2.88. The zero-order valence-electron chi connectivity index (χ0n) is 12.3. The zero-order valence-corrected chi connectivity index (χ0v) is 12.3. The summed E-state index contributed by atoms with van der Waals surface area (Å²) in [4.78, 5) is 20.8. The molecule has 0 amide bonds. The first-order valence-electron chi connectivity index (χ1n) is 6.72. The fourth-order valence-corrected chi connectivity index (χ4v) is 1.94. The van der Waals surface area contributed by atoms with Gasteiger partial charge in [-0.1, -0.05) is 12.1 Å². The Morgan fingerprint density at radius 1 is 1.27 bits per heavy atom. The number of ether oxygens (including phenoxy) is 1. The molecule has 2 aromatic rings. The minimum atomic E-state index is -0.994. The van der Waals surface area contributed by atoms with Crippen LogP contribution in [-0.4, -0.2) is 39.6 Å². The molecule has 0 spiro atoms. The molecule has 1 heterocycles. The largest absolute Gasteiger partial charge is 0.482 e. The van der Waals surface area contributed by atoms with Crippen LogP contribution in [0.3, 0.4) is 0 Å². The van der Waals surface area contributed by atoms with Crippen molar-refractivity contribution in [1.82, 2.24) is 14.9 Å². The summed E-state index contributed by atoms with van der Waals surface area (Å²) >= 11 is 0. The lowest BCUT2D eigenvalue weighted by atomic mass is 10.2. The molecule has 0 fully saturated rings. The second kappa shape index (κ2) is 7.37. The predicted molar refractivity (Wildman–Crippen MR) is 81.2 cm³/mol. The maximum absolute atomic E-state index is 10.4. The number of aromatic nitrogens is 2. The number of aliphatic carboxylic acids is 1. The van der Waals surface area contributed by atoms with Crippen molar-refractivity contribution in [3.63, 3.8) is 0 Å². The van der Waals surface area contributed by atoms with Gasteiger partial charge >= 0.3 is 5.97 Å². The fraction of sp³-hybridized carbons (Fsp3) is 0.267. The summed E-state index contributed by atoms with van der Waals surface area (Å²) < 4.78 is 5.09. The van der Waals surface area contributed by atoms with Crippen LogP contribution in [-0.2, 0) is 17.9 Å². The molecule has 0 saturated heterocycles. The standard InChI is InChI=1S/C15H18N4O3/c1-19(9-14-17-7-6-13(16)18-14)8-11-2-4-12(5-3-11)22-10-15(20)21/h2-7H,8-10H2,1H3,(H,20,21)(H2,16,17,18). The van der Waals surface area contributed by atoms with Gasteiger partial charge in [-0.25, -0.2) is 14.8 Å². The van der Waals surface area contributed by atoms with Crippen LogP contribution in [0.1, 0.15) is 11.4 Å². The number of nitrogen functional groups attached to an aromatic ring is 1. The number of carboxylic acid groups (broad SMARTS) is 1. The third-order valence-corrected chi connectivity index (χ3v) is 2.88. The van der Waals surface area contributed by atoms with Crippen molar-refractivity contribution in [2.45, 2.75) is 13.1 Å². The van der Waals surface area contributed by atoms with E-state index >= 15 is 0 Å². The number of carbonyl (C=O) groups is 1. The average molecular weight is 302 g/mol. The van der Waals surface area contributed by atoms with E-state index in [1.807, 2.05) is 19.2 Å². The van der Waals surface area contributed by atoms with Crippen LogP contribution in [0.4, 0.5) is 5.82 Å². The van der Waals surface area contributed by atoms with Gasteiger partial charge in [0.2, 0.25) is 0 Å². The number of anilines is 1. The monoisotopic (exact) mass is 302 g/mol. The molecule has 3 N–H and O–H groups in total. The van der Waals surface area contributed by atoms with Crippen LogP contribution in [0.2, 0.25) is 0 Å². The number of rotatable bonds is 7.